The van der Waals surface area contributed by atoms with Gasteiger partial charge < -0.3 is 75.9 Å². The molecule has 0 radical (unpaired) electrons. The topological polar surface area (TPSA) is 316 Å². The van der Waals surface area contributed by atoms with Gasteiger partial charge in [0.1, 0.15) is 30.5 Å². The lowest BCUT2D eigenvalue weighted by Crippen LogP contribution is -2.93. The van der Waals surface area contributed by atoms with Crippen LogP contribution in [0.4, 0.5) is 0 Å². The number of phenolic OH excluding ortho intramolecular Hbond substituents is 4. The van der Waals surface area contributed by atoms with Crippen molar-refractivity contribution in [1.82, 2.24) is 0 Å². The molecule has 17 heteroatoms. The molecular weight excluding hydrogens is 644 g/mol. The zero-order chi connectivity index (χ0) is 36.4. The Balaban J connectivity index is 1.92. The lowest BCUT2D eigenvalue weighted by molar-refractivity contribution is -0.485. The van der Waals surface area contributed by atoms with Crippen molar-refractivity contribution < 1.29 is 85.4 Å². The Kier molecular flexibility index (Phi) is 9.52. The lowest BCUT2D eigenvalue weighted by atomic mass is 9.56. The maximum absolute atomic E-state index is 13.5. The van der Waals surface area contributed by atoms with Crippen molar-refractivity contribution in [2.45, 2.75) is 85.6 Å². The van der Waals surface area contributed by atoms with Crippen molar-refractivity contribution in [2.24, 2.45) is 0 Å². The molecule has 2 aliphatic heterocycles. The maximum atomic E-state index is 13.5. The first-order valence-corrected chi connectivity index (χ1v) is 14.5. The van der Waals surface area contributed by atoms with E-state index in [1.807, 2.05) is 0 Å². The van der Waals surface area contributed by atoms with Gasteiger partial charge >= 0.3 is 0 Å². The van der Waals surface area contributed by atoms with Crippen LogP contribution in [0.25, 0.3) is 6.08 Å². The molecule has 2 aromatic carbocycles. The number of hydrogen-bond donors (Lipinski definition) is 13. The van der Waals surface area contributed by atoms with Crippen LogP contribution in [-0.2, 0) is 19.1 Å². The summed E-state index contributed by atoms with van der Waals surface area (Å²) in [5.74, 6) is -14.8. The molecule has 0 spiro atoms. The largest absolute Gasteiger partial charge is 0.504 e. The molecule has 17 nitrogen and oxygen atoms in total. The molecular formula is C31H38O17. The molecule has 13 N–H and O–H groups in total. The number of ketones is 2. The summed E-state index contributed by atoms with van der Waals surface area (Å²) in [6, 6.07) is 6.26. The summed E-state index contributed by atoms with van der Waals surface area (Å²) < 4.78 is 10.8. The number of carbonyl (C=O) groups is 2. The van der Waals surface area contributed by atoms with E-state index in [0.29, 0.717) is 6.92 Å². The van der Waals surface area contributed by atoms with Crippen LogP contribution in [-0.4, -0.2) is 143 Å². The maximum Gasteiger partial charge on any atom is 0.263 e. The highest BCUT2D eigenvalue weighted by atomic mass is 16.7. The highest BCUT2D eigenvalue weighted by Gasteiger charge is 2.85. The Morgan fingerprint density at radius 2 is 1.40 bits per heavy atom. The number of benzene rings is 2. The van der Waals surface area contributed by atoms with Gasteiger partial charge in [-0.3, -0.25) is 9.59 Å². The molecule has 0 amide bonds. The Bertz CT molecular complexity index is 1610. The summed E-state index contributed by atoms with van der Waals surface area (Å²) in [5, 5.41) is 143. The highest BCUT2D eigenvalue weighted by molar-refractivity contribution is 6.01. The Hall–Kier alpha value is -3.72. The minimum Gasteiger partial charge on any atom is -0.504 e. The first kappa shape index (κ1) is 37.1. The molecule has 0 aliphatic carbocycles. The van der Waals surface area contributed by atoms with Crippen LogP contribution in [0.3, 0.4) is 0 Å². The van der Waals surface area contributed by atoms with Crippen LogP contribution in [0.5, 0.6) is 23.0 Å². The SMILES string of the molecule is CC(=O)C1(O)O[C@](C)(C(=O)/C=C/c2ccc(O)c(O)c2)[C@H](O)[C@@H](O)[C@@]1(O)[C@]1(O)[C@@H](O)[C@H](O)[C@@H](CO)OC1(O)C(C)c1ccc(O)c(O)c1. The van der Waals surface area contributed by atoms with E-state index in [1.165, 1.54) is 6.07 Å². The molecule has 2 fully saturated rings. The van der Waals surface area contributed by atoms with Gasteiger partial charge in [-0.25, -0.2) is 0 Å². The van der Waals surface area contributed by atoms with Gasteiger partial charge in [0, 0.05) is 12.8 Å². The Morgan fingerprint density at radius 1 is 0.833 bits per heavy atom. The number of hydrogen-bond acceptors (Lipinski definition) is 17. The van der Waals surface area contributed by atoms with Crippen molar-refractivity contribution >= 4 is 17.6 Å². The van der Waals surface area contributed by atoms with Crippen molar-refractivity contribution in [3.05, 3.63) is 53.6 Å². The third kappa shape index (κ3) is 5.06. The van der Waals surface area contributed by atoms with E-state index in [9.17, 15) is 76.0 Å². The van der Waals surface area contributed by atoms with Gasteiger partial charge in [0.25, 0.3) is 5.79 Å². The van der Waals surface area contributed by atoms with Crippen LogP contribution < -0.4 is 0 Å². The third-order valence-electron chi connectivity index (χ3n) is 9.42. The number of aliphatic hydroxyl groups excluding tert-OH is 5. The predicted molar refractivity (Wildman–Crippen MR) is 158 cm³/mol. The van der Waals surface area contributed by atoms with E-state index < -0.39 is 106 Å². The minimum atomic E-state index is -4.21. The standard InChI is InChI=1S/C31H38O17/c1-13(16-6-8-18(35)20(37)11-16)30(45)28(43,24(40)23(39)21(12-32)47-30)29(44)26(42)25(41)27(3,48-31(29,46)14(2)33)22(38)9-5-15-4-7-17(34)19(36)10-15/h4-11,13,21,23-26,32,34-37,39-46H,12H2,1-3H3/b9-5+/t13?,21-,23-,24+,25-,26-,27-,28-,29-,30?,31?/m1/s1. The van der Waals surface area contributed by atoms with E-state index in [-0.39, 0.29) is 11.1 Å². The van der Waals surface area contributed by atoms with Gasteiger partial charge in [0.15, 0.2) is 51.4 Å². The minimum absolute atomic E-state index is 0.120. The fraction of sp³-hybridized carbons (Fsp3) is 0.484. The molecule has 3 unspecified atom stereocenters. The second-order valence-electron chi connectivity index (χ2n) is 12.2. The van der Waals surface area contributed by atoms with E-state index in [1.54, 1.807) is 0 Å². The van der Waals surface area contributed by atoms with Gasteiger partial charge in [-0.2, -0.15) is 0 Å². The number of rotatable bonds is 8. The van der Waals surface area contributed by atoms with Gasteiger partial charge in [0.05, 0.1) is 6.61 Å². The van der Waals surface area contributed by atoms with Crippen LogP contribution >= 0.6 is 0 Å². The van der Waals surface area contributed by atoms with Crippen molar-refractivity contribution in [1.29, 1.82) is 0 Å². The summed E-state index contributed by atoms with van der Waals surface area (Å²) in [7, 11) is 0. The number of aromatic hydroxyl groups is 4. The zero-order valence-electron chi connectivity index (χ0n) is 25.7. The van der Waals surface area contributed by atoms with Crippen LogP contribution in [0.15, 0.2) is 42.5 Å². The lowest BCUT2D eigenvalue weighted by Gasteiger charge is -2.66. The Labute approximate surface area is 272 Å². The summed E-state index contributed by atoms with van der Waals surface area (Å²) in [6.45, 7) is 1.26. The average Bonchev–Trinajstić information content (AvgIpc) is 3.04. The molecule has 48 heavy (non-hydrogen) atoms. The van der Waals surface area contributed by atoms with E-state index in [4.69, 9.17) is 9.47 Å². The normalized spacial score (nSPS) is 39.3. The quantitative estimate of drug-likeness (QED) is 0.0971. The van der Waals surface area contributed by atoms with E-state index in [0.717, 1.165) is 56.3 Å². The monoisotopic (exact) mass is 682 g/mol. The van der Waals surface area contributed by atoms with Gasteiger partial charge in [0.2, 0.25) is 5.79 Å². The number of aliphatic hydroxyl groups is 9. The first-order valence-electron chi connectivity index (χ1n) is 14.5. The van der Waals surface area contributed by atoms with E-state index >= 15 is 0 Å². The highest BCUT2D eigenvalue weighted by Crippen LogP contribution is 2.57. The predicted octanol–water partition coefficient (Wildman–Crippen LogP) is -3.05. The second kappa shape index (κ2) is 12.3. The fourth-order valence-corrected chi connectivity index (χ4v) is 6.34. The van der Waals surface area contributed by atoms with E-state index in [2.05, 4.69) is 0 Å². The van der Waals surface area contributed by atoms with Gasteiger partial charge in [-0.05, 0) is 48.4 Å². The van der Waals surface area contributed by atoms with Gasteiger partial charge in [-0.15, -0.1) is 0 Å². The second-order valence-corrected chi connectivity index (χ2v) is 12.2. The molecule has 2 saturated heterocycles. The molecule has 2 heterocycles. The third-order valence-corrected chi connectivity index (χ3v) is 9.42. The van der Waals surface area contributed by atoms with Gasteiger partial charge in [-0.1, -0.05) is 25.1 Å². The van der Waals surface area contributed by atoms with Crippen molar-refractivity contribution in [2.75, 3.05) is 6.61 Å². The molecule has 264 valence electrons. The number of carbonyl (C=O) groups excluding carboxylic acids is 2. The number of phenols is 4. The Morgan fingerprint density at radius 3 is 1.92 bits per heavy atom. The number of Topliss-reactive ketones (excluding diaryl/α,β-unsaturated/α-hetero) is 1. The smallest absolute Gasteiger partial charge is 0.263 e. The molecule has 4 rings (SSSR count). The summed E-state index contributed by atoms with van der Waals surface area (Å²) in [4.78, 5) is 26.6. The zero-order valence-corrected chi connectivity index (χ0v) is 25.7. The molecule has 2 aliphatic rings. The molecule has 0 bridgehead atoms. The fourth-order valence-electron chi connectivity index (χ4n) is 6.34. The molecule has 0 aromatic heterocycles. The average molecular weight is 683 g/mol. The van der Waals surface area contributed by atoms with Crippen LogP contribution in [0.1, 0.15) is 37.8 Å². The summed E-state index contributed by atoms with van der Waals surface area (Å²) in [6.07, 6.45) is -11.4. The summed E-state index contributed by atoms with van der Waals surface area (Å²) in [5.41, 5.74) is -11.3. The van der Waals surface area contributed by atoms with Crippen molar-refractivity contribution in [3.8, 4) is 23.0 Å². The van der Waals surface area contributed by atoms with Crippen molar-refractivity contribution in [3.63, 3.8) is 0 Å². The molecule has 11 atom stereocenters. The summed E-state index contributed by atoms with van der Waals surface area (Å²) >= 11 is 0. The first-order chi connectivity index (χ1) is 22.1. The molecule has 0 saturated carbocycles. The molecule has 2 aromatic rings. The number of ether oxygens (including phenoxy) is 2. The van der Waals surface area contributed by atoms with Crippen LogP contribution in [0.2, 0.25) is 0 Å². The van der Waals surface area contributed by atoms with Crippen LogP contribution in [0, 0.1) is 0 Å².